The Morgan fingerprint density at radius 1 is 0.818 bits per heavy atom. The van der Waals surface area contributed by atoms with Gasteiger partial charge in [0.2, 0.25) is 12.2 Å². The van der Waals surface area contributed by atoms with Crippen molar-refractivity contribution in [2.45, 2.75) is 13.1 Å². The molecule has 0 radical (unpaired) electrons. The fourth-order valence-electron chi connectivity index (χ4n) is 1.21. The highest BCUT2D eigenvalue weighted by Gasteiger charge is 1.93. The SMILES string of the molecule is Cc1ccccc1.N=C=O.N=C=O.NC(N)c1ccccc1. The molecule has 6 heteroatoms. The van der Waals surface area contributed by atoms with E-state index in [9.17, 15) is 0 Å². The van der Waals surface area contributed by atoms with Crippen molar-refractivity contribution in [1.29, 1.82) is 10.8 Å². The van der Waals surface area contributed by atoms with Gasteiger partial charge in [0.05, 0.1) is 6.17 Å². The van der Waals surface area contributed by atoms with Crippen LogP contribution in [0.2, 0.25) is 0 Å². The van der Waals surface area contributed by atoms with E-state index in [2.05, 4.69) is 19.1 Å². The van der Waals surface area contributed by atoms with Crippen molar-refractivity contribution in [1.82, 2.24) is 0 Å². The number of hydrogen-bond donors (Lipinski definition) is 4. The molecule has 0 atom stereocenters. The second-order valence-corrected chi connectivity index (χ2v) is 3.80. The summed E-state index contributed by atoms with van der Waals surface area (Å²) in [6.45, 7) is 2.08. The van der Waals surface area contributed by atoms with E-state index in [0.717, 1.165) is 17.7 Å². The van der Waals surface area contributed by atoms with Crippen LogP contribution in [0, 0.1) is 17.7 Å². The van der Waals surface area contributed by atoms with E-state index in [1.807, 2.05) is 48.5 Å². The number of isocyanates is 2. The predicted molar refractivity (Wildman–Crippen MR) is 85.6 cm³/mol. The van der Waals surface area contributed by atoms with Gasteiger partial charge < -0.3 is 11.5 Å². The monoisotopic (exact) mass is 300 g/mol. The molecule has 22 heavy (non-hydrogen) atoms. The van der Waals surface area contributed by atoms with Crippen LogP contribution in [0.15, 0.2) is 60.7 Å². The van der Waals surface area contributed by atoms with Gasteiger partial charge >= 0.3 is 0 Å². The van der Waals surface area contributed by atoms with Crippen LogP contribution in [-0.2, 0) is 9.59 Å². The Bertz CT molecular complexity index is 533. The van der Waals surface area contributed by atoms with E-state index in [4.69, 9.17) is 31.9 Å². The molecule has 0 saturated carbocycles. The van der Waals surface area contributed by atoms with Crippen LogP contribution in [0.1, 0.15) is 17.3 Å². The van der Waals surface area contributed by atoms with Gasteiger partial charge in [0.15, 0.2) is 0 Å². The normalized spacial score (nSPS) is 7.64. The molecule has 2 rings (SSSR count). The lowest BCUT2D eigenvalue weighted by Gasteiger charge is -2.02. The second-order valence-electron chi connectivity index (χ2n) is 3.80. The molecular formula is C16H20N4O2. The van der Waals surface area contributed by atoms with E-state index in [1.54, 1.807) is 0 Å². The molecule has 0 unspecified atom stereocenters. The molecule has 0 spiro atoms. The molecule has 0 aliphatic heterocycles. The third-order valence-electron chi connectivity index (χ3n) is 2.12. The Labute approximate surface area is 129 Å². The first-order valence-electron chi connectivity index (χ1n) is 6.18. The maximum absolute atomic E-state index is 8.35. The van der Waals surface area contributed by atoms with Crippen LogP contribution >= 0.6 is 0 Å². The molecule has 0 heterocycles. The lowest BCUT2D eigenvalue weighted by Crippen LogP contribution is -2.19. The molecule has 6 N–H and O–H groups in total. The van der Waals surface area contributed by atoms with Gasteiger partial charge in [0.1, 0.15) is 0 Å². The molecule has 0 aliphatic rings. The zero-order valence-electron chi connectivity index (χ0n) is 12.3. The van der Waals surface area contributed by atoms with Crippen molar-refractivity contribution < 1.29 is 9.59 Å². The smallest absolute Gasteiger partial charge is 0.231 e. The molecule has 2 aromatic carbocycles. The van der Waals surface area contributed by atoms with Crippen molar-refractivity contribution in [3.05, 3.63) is 71.8 Å². The highest BCUT2D eigenvalue weighted by Crippen LogP contribution is 2.01. The number of nitrogens with one attached hydrogen (secondary N) is 2. The van der Waals surface area contributed by atoms with E-state index < -0.39 is 0 Å². The topological polar surface area (TPSA) is 134 Å². The van der Waals surface area contributed by atoms with Crippen molar-refractivity contribution in [2.24, 2.45) is 11.5 Å². The molecule has 2 aromatic rings. The van der Waals surface area contributed by atoms with Crippen LogP contribution in [-0.4, -0.2) is 12.2 Å². The summed E-state index contributed by atoms with van der Waals surface area (Å²) in [5.41, 5.74) is 13.1. The van der Waals surface area contributed by atoms with E-state index in [-0.39, 0.29) is 6.17 Å². The number of rotatable bonds is 1. The first kappa shape index (κ1) is 21.4. The van der Waals surface area contributed by atoms with Gasteiger partial charge in [-0.2, -0.15) is 0 Å². The van der Waals surface area contributed by atoms with Crippen LogP contribution < -0.4 is 11.5 Å². The van der Waals surface area contributed by atoms with Gasteiger partial charge in [0, 0.05) is 0 Å². The summed E-state index contributed by atoms with van der Waals surface area (Å²) < 4.78 is 0. The quantitative estimate of drug-likeness (QED) is 0.365. The minimum Gasteiger partial charge on any atom is -0.312 e. The molecule has 0 bridgehead atoms. The predicted octanol–water partition coefficient (Wildman–Crippen LogP) is 2.40. The lowest BCUT2D eigenvalue weighted by molar-refractivity contribution is 0.562. The van der Waals surface area contributed by atoms with E-state index in [1.165, 1.54) is 5.56 Å². The zero-order chi connectivity index (χ0) is 17.2. The summed E-state index contributed by atoms with van der Waals surface area (Å²) in [5.74, 6) is 0. The number of hydrogen-bond acceptors (Lipinski definition) is 6. The summed E-state index contributed by atoms with van der Waals surface area (Å²) in [7, 11) is 0. The third kappa shape index (κ3) is 15.2. The second kappa shape index (κ2) is 16.2. The lowest BCUT2D eigenvalue weighted by atomic mass is 10.2. The van der Waals surface area contributed by atoms with Crippen LogP contribution in [0.3, 0.4) is 0 Å². The van der Waals surface area contributed by atoms with E-state index in [0.29, 0.717) is 0 Å². The number of nitrogens with two attached hydrogens (primary N) is 2. The molecule has 116 valence electrons. The van der Waals surface area contributed by atoms with Crippen LogP contribution in [0.5, 0.6) is 0 Å². The molecule has 0 saturated heterocycles. The molecule has 0 fully saturated rings. The summed E-state index contributed by atoms with van der Waals surface area (Å²) in [5, 5.41) is 10.8. The molecule has 0 aliphatic carbocycles. The highest BCUT2D eigenvalue weighted by atomic mass is 16.1. The van der Waals surface area contributed by atoms with Gasteiger partial charge in [-0.15, -0.1) is 0 Å². The number of carbonyl (C=O) groups excluding carboxylic acids is 2. The minimum atomic E-state index is -0.341. The van der Waals surface area contributed by atoms with Gasteiger partial charge in [-0.1, -0.05) is 66.2 Å². The molecule has 0 amide bonds. The van der Waals surface area contributed by atoms with Gasteiger partial charge in [-0.25, -0.2) is 20.4 Å². The van der Waals surface area contributed by atoms with Crippen molar-refractivity contribution in [2.75, 3.05) is 0 Å². The highest BCUT2D eigenvalue weighted by molar-refractivity contribution is 5.26. The summed E-state index contributed by atoms with van der Waals surface area (Å²) in [4.78, 5) is 16.7. The fourth-order valence-corrected chi connectivity index (χ4v) is 1.21. The van der Waals surface area contributed by atoms with E-state index >= 15 is 0 Å². The van der Waals surface area contributed by atoms with Gasteiger partial charge in [-0.3, -0.25) is 0 Å². The maximum Gasteiger partial charge on any atom is 0.231 e. The van der Waals surface area contributed by atoms with Crippen LogP contribution in [0.4, 0.5) is 0 Å². The standard InChI is InChI=1S/C7H10N2.C7H8.2CHNO/c8-7(9)6-4-2-1-3-5-6;1-7-5-3-2-4-6-7;2*2-1-3/h1-5,7H,8-9H2;2-6H,1H3;2*2H. The van der Waals surface area contributed by atoms with Crippen LogP contribution in [0.25, 0.3) is 0 Å². The minimum absolute atomic E-state index is 0.341. The maximum atomic E-state index is 8.35. The first-order chi connectivity index (χ1) is 10.5. The largest absolute Gasteiger partial charge is 0.312 e. The van der Waals surface area contributed by atoms with Crippen molar-refractivity contribution >= 4 is 12.2 Å². The third-order valence-corrected chi connectivity index (χ3v) is 2.12. The van der Waals surface area contributed by atoms with Gasteiger partial charge in [-0.05, 0) is 12.5 Å². The molecular weight excluding hydrogens is 280 g/mol. The first-order valence-corrected chi connectivity index (χ1v) is 6.18. The summed E-state index contributed by atoms with van der Waals surface area (Å²) >= 11 is 0. The number of benzene rings is 2. The summed E-state index contributed by atoms with van der Waals surface area (Å²) in [6, 6.07) is 19.9. The fraction of sp³-hybridized carbons (Fsp3) is 0.125. The average Bonchev–Trinajstić information content (AvgIpc) is 2.51. The van der Waals surface area contributed by atoms with Crippen molar-refractivity contribution in [3.8, 4) is 0 Å². The average molecular weight is 300 g/mol. The Morgan fingerprint density at radius 2 is 1.14 bits per heavy atom. The summed E-state index contributed by atoms with van der Waals surface area (Å²) in [6.07, 6.45) is 1.16. The van der Waals surface area contributed by atoms with Gasteiger partial charge in [0.25, 0.3) is 0 Å². The Hall–Kier alpha value is -2.88. The Balaban J connectivity index is 0. The number of aryl methyl sites for hydroxylation is 1. The molecule has 6 nitrogen and oxygen atoms in total. The zero-order valence-corrected chi connectivity index (χ0v) is 12.3. The molecule has 0 aromatic heterocycles. The Kier molecular flexibility index (Phi) is 15.7. The van der Waals surface area contributed by atoms with Crippen molar-refractivity contribution in [3.63, 3.8) is 0 Å². The Morgan fingerprint density at radius 3 is 1.32 bits per heavy atom.